The summed E-state index contributed by atoms with van der Waals surface area (Å²) in [5.74, 6) is 0.582. The second-order valence-electron chi connectivity index (χ2n) is 8.87. The normalized spacial score (nSPS) is 15.6. The zero-order valence-electron chi connectivity index (χ0n) is 19.8. The smallest absolute Gasteiger partial charge is 0.261 e. The molecule has 180 valence electrons. The molecule has 9 heteroatoms. The van der Waals surface area contributed by atoms with Crippen LogP contribution in [0.25, 0.3) is 0 Å². The van der Waals surface area contributed by atoms with Crippen LogP contribution in [0.2, 0.25) is 0 Å². The van der Waals surface area contributed by atoms with E-state index in [4.69, 9.17) is 4.74 Å². The van der Waals surface area contributed by atoms with Crippen molar-refractivity contribution in [2.75, 3.05) is 40.6 Å². The van der Waals surface area contributed by atoms with Crippen molar-refractivity contribution in [1.82, 2.24) is 9.97 Å². The van der Waals surface area contributed by atoms with Gasteiger partial charge in [0.15, 0.2) is 0 Å². The standard InChI is InChI=1S/C26H28N6O3/c1-16-4-3-5-17(2)23(16)30-25(34)21-14-27-26(31-24(21)28-18-6-7-18)29-19-8-10-20(11-9-19)32-12-13-35-15-22(32)33/h3-5,8-11,14,18H,6-7,12-13,15H2,1-2H3,(H,30,34)(H2,27,28,29,31). The summed E-state index contributed by atoms with van der Waals surface area (Å²) in [5, 5.41) is 9.57. The molecule has 3 N–H and O–H groups in total. The minimum atomic E-state index is -0.253. The van der Waals surface area contributed by atoms with Gasteiger partial charge < -0.3 is 25.6 Å². The molecule has 0 radical (unpaired) electrons. The molecule has 2 aliphatic rings. The van der Waals surface area contributed by atoms with Crippen LogP contribution in [0.4, 0.5) is 28.8 Å². The molecule has 0 bridgehead atoms. The molecule has 0 atom stereocenters. The third kappa shape index (κ3) is 5.25. The van der Waals surface area contributed by atoms with Crippen molar-refractivity contribution in [3.05, 3.63) is 65.4 Å². The molecule has 1 saturated heterocycles. The average Bonchev–Trinajstić information content (AvgIpc) is 3.67. The number of benzene rings is 2. The van der Waals surface area contributed by atoms with Gasteiger partial charge in [0.25, 0.3) is 11.8 Å². The maximum atomic E-state index is 13.1. The Bertz CT molecular complexity index is 1240. The van der Waals surface area contributed by atoms with Crippen LogP contribution in [0.1, 0.15) is 34.3 Å². The molecule has 2 fully saturated rings. The molecule has 35 heavy (non-hydrogen) atoms. The topological polar surface area (TPSA) is 108 Å². The van der Waals surface area contributed by atoms with Crippen LogP contribution >= 0.6 is 0 Å². The summed E-state index contributed by atoms with van der Waals surface area (Å²) in [5.41, 5.74) is 4.79. The summed E-state index contributed by atoms with van der Waals surface area (Å²) >= 11 is 0. The predicted molar refractivity (Wildman–Crippen MR) is 135 cm³/mol. The van der Waals surface area contributed by atoms with Crippen LogP contribution in [0, 0.1) is 13.8 Å². The van der Waals surface area contributed by atoms with Gasteiger partial charge in [0.05, 0.1) is 6.61 Å². The number of hydrogen-bond acceptors (Lipinski definition) is 7. The van der Waals surface area contributed by atoms with Crippen LogP contribution in [-0.4, -0.2) is 47.6 Å². The Balaban J connectivity index is 1.34. The van der Waals surface area contributed by atoms with Gasteiger partial charge in [-0.05, 0) is 62.1 Å². The lowest BCUT2D eigenvalue weighted by Gasteiger charge is -2.26. The number of rotatable bonds is 7. The summed E-state index contributed by atoms with van der Waals surface area (Å²) in [6.07, 6.45) is 3.64. The number of hydrogen-bond donors (Lipinski definition) is 3. The SMILES string of the molecule is Cc1cccc(C)c1NC(=O)c1cnc(Nc2ccc(N3CCOCC3=O)cc2)nc1NC1CC1. The number of ether oxygens (including phenoxy) is 1. The Kier molecular flexibility index (Phi) is 6.33. The average molecular weight is 473 g/mol. The van der Waals surface area contributed by atoms with E-state index >= 15 is 0 Å². The number of morpholine rings is 1. The lowest BCUT2D eigenvalue weighted by atomic mass is 10.1. The van der Waals surface area contributed by atoms with Crippen LogP contribution in [0.5, 0.6) is 0 Å². The zero-order valence-corrected chi connectivity index (χ0v) is 19.8. The van der Waals surface area contributed by atoms with Gasteiger partial charge >= 0.3 is 0 Å². The van der Waals surface area contributed by atoms with E-state index in [0.29, 0.717) is 36.5 Å². The quantitative estimate of drug-likeness (QED) is 0.476. The Morgan fingerprint density at radius 3 is 2.51 bits per heavy atom. The Labute approximate surface area is 203 Å². The molecule has 1 saturated carbocycles. The minimum Gasteiger partial charge on any atom is -0.370 e. The van der Waals surface area contributed by atoms with Crippen molar-refractivity contribution in [2.24, 2.45) is 0 Å². The summed E-state index contributed by atoms with van der Waals surface area (Å²) in [6.45, 7) is 5.11. The van der Waals surface area contributed by atoms with E-state index in [1.54, 1.807) is 11.1 Å². The van der Waals surface area contributed by atoms with Crippen molar-refractivity contribution in [3.63, 3.8) is 0 Å². The highest BCUT2D eigenvalue weighted by Gasteiger charge is 2.25. The van der Waals surface area contributed by atoms with E-state index in [1.807, 2.05) is 56.3 Å². The molecule has 0 unspecified atom stereocenters. The van der Waals surface area contributed by atoms with Crippen LogP contribution < -0.4 is 20.9 Å². The van der Waals surface area contributed by atoms with Crippen LogP contribution in [-0.2, 0) is 9.53 Å². The number of para-hydroxylation sites is 1. The van der Waals surface area contributed by atoms with Gasteiger partial charge in [0, 0.05) is 35.8 Å². The van der Waals surface area contributed by atoms with Crippen molar-refractivity contribution >= 4 is 40.6 Å². The second-order valence-corrected chi connectivity index (χ2v) is 8.87. The maximum Gasteiger partial charge on any atom is 0.261 e. The number of aromatic nitrogens is 2. The Morgan fingerprint density at radius 1 is 1.09 bits per heavy atom. The molecule has 0 spiro atoms. The second kappa shape index (κ2) is 9.71. The van der Waals surface area contributed by atoms with E-state index in [0.717, 1.165) is 41.0 Å². The maximum absolute atomic E-state index is 13.1. The molecule has 3 aromatic rings. The van der Waals surface area contributed by atoms with Gasteiger partial charge in [-0.15, -0.1) is 0 Å². The molecular weight excluding hydrogens is 444 g/mol. The highest BCUT2D eigenvalue weighted by molar-refractivity contribution is 6.08. The number of carbonyl (C=O) groups is 2. The van der Waals surface area contributed by atoms with Crippen molar-refractivity contribution < 1.29 is 14.3 Å². The highest BCUT2D eigenvalue weighted by Crippen LogP contribution is 2.28. The monoisotopic (exact) mass is 472 g/mol. The molecule has 1 aliphatic carbocycles. The van der Waals surface area contributed by atoms with Gasteiger partial charge in [0.1, 0.15) is 18.0 Å². The molecule has 2 aromatic carbocycles. The van der Waals surface area contributed by atoms with Gasteiger partial charge in [-0.1, -0.05) is 18.2 Å². The van der Waals surface area contributed by atoms with Crippen molar-refractivity contribution in [1.29, 1.82) is 0 Å². The van der Waals surface area contributed by atoms with Gasteiger partial charge in [-0.25, -0.2) is 4.98 Å². The van der Waals surface area contributed by atoms with E-state index in [1.165, 1.54) is 0 Å². The number of nitrogens with one attached hydrogen (secondary N) is 3. The first-order chi connectivity index (χ1) is 17.0. The van der Waals surface area contributed by atoms with Crippen molar-refractivity contribution in [2.45, 2.75) is 32.7 Å². The fraction of sp³-hybridized carbons (Fsp3) is 0.308. The lowest BCUT2D eigenvalue weighted by Crippen LogP contribution is -2.41. The third-order valence-electron chi connectivity index (χ3n) is 6.09. The largest absolute Gasteiger partial charge is 0.370 e. The van der Waals surface area contributed by atoms with E-state index in [2.05, 4.69) is 25.9 Å². The Morgan fingerprint density at radius 2 is 1.83 bits per heavy atom. The molecule has 2 heterocycles. The first-order valence-electron chi connectivity index (χ1n) is 11.7. The summed E-state index contributed by atoms with van der Waals surface area (Å²) in [7, 11) is 0. The minimum absolute atomic E-state index is 0.0501. The lowest BCUT2D eigenvalue weighted by molar-refractivity contribution is -0.125. The number of carbonyl (C=O) groups excluding carboxylic acids is 2. The summed E-state index contributed by atoms with van der Waals surface area (Å²) < 4.78 is 5.20. The van der Waals surface area contributed by atoms with Gasteiger partial charge in [-0.3, -0.25) is 9.59 Å². The molecule has 1 aromatic heterocycles. The zero-order chi connectivity index (χ0) is 24.4. The number of amides is 2. The first kappa shape index (κ1) is 22.8. The molecule has 2 amide bonds. The number of anilines is 5. The molecule has 5 rings (SSSR count). The first-order valence-corrected chi connectivity index (χ1v) is 11.7. The van der Waals surface area contributed by atoms with Crippen LogP contribution in [0.3, 0.4) is 0 Å². The van der Waals surface area contributed by atoms with Gasteiger partial charge in [-0.2, -0.15) is 4.98 Å². The number of nitrogens with zero attached hydrogens (tertiary/aromatic N) is 3. The van der Waals surface area contributed by atoms with Gasteiger partial charge in [0.2, 0.25) is 5.95 Å². The van der Waals surface area contributed by atoms with E-state index < -0.39 is 0 Å². The fourth-order valence-corrected chi connectivity index (χ4v) is 3.98. The Hall–Kier alpha value is -3.98. The summed E-state index contributed by atoms with van der Waals surface area (Å²) in [6, 6.07) is 13.7. The summed E-state index contributed by atoms with van der Waals surface area (Å²) in [4.78, 5) is 35.9. The van der Waals surface area contributed by atoms with E-state index in [9.17, 15) is 9.59 Å². The number of aryl methyl sites for hydroxylation is 2. The molecule has 9 nitrogen and oxygen atoms in total. The predicted octanol–water partition coefficient (Wildman–Crippen LogP) is 4.03. The fourth-order valence-electron chi connectivity index (χ4n) is 3.98. The van der Waals surface area contributed by atoms with Crippen LogP contribution in [0.15, 0.2) is 48.7 Å². The van der Waals surface area contributed by atoms with Crippen molar-refractivity contribution in [3.8, 4) is 0 Å². The molecular formula is C26H28N6O3. The molecule has 1 aliphatic heterocycles. The third-order valence-corrected chi connectivity index (χ3v) is 6.09. The highest BCUT2D eigenvalue weighted by atomic mass is 16.5. The van der Waals surface area contributed by atoms with E-state index in [-0.39, 0.29) is 18.4 Å².